The molecule has 0 saturated carbocycles. The van der Waals surface area contributed by atoms with Crippen LogP contribution in [-0.2, 0) is 20.1 Å². The van der Waals surface area contributed by atoms with E-state index in [1.165, 1.54) is 17.0 Å². The lowest BCUT2D eigenvalue weighted by Crippen LogP contribution is -2.46. The van der Waals surface area contributed by atoms with Gasteiger partial charge in [0.2, 0.25) is 0 Å². The molecule has 0 aliphatic carbocycles. The molecule has 3 aromatic heterocycles. The zero-order chi connectivity index (χ0) is 20.1. The summed E-state index contributed by atoms with van der Waals surface area (Å²) < 4.78 is 3.99. The van der Waals surface area contributed by atoms with Crippen molar-refractivity contribution in [2.75, 3.05) is 13.1 Å². The molecule has 2 aliphatic rings. The summed E-state index contributed by atoms with van der Waals surface area (Å²) in [5, 5.41) is 4.58. The highest BCUT2D eigenvalue weighted by Crippen LogP contribution is 2.37. The zero-order valence-corrected chi connectivity index (χ0v) is 17.3. The Morgan fingerprint density at radius 2 is 2.00 bits per heavy atom. The Balaban J connectivity index is 1.46. The molecule has 0 unspecified atom stereocenters. The van der Waals surface area contributed by atoms with Gasteiger partial charge in [-0.15, -0.1) is 0 Å². The van der Waals surface area contributed by atoms with Crippen molar-refractivity contribution in [3.05, 3.63) is 69.7 Å². The number of fused-ring (bicyclic) bond motifs is 4. The number of hydrogen-bond donors (Lipinski definition) is 0. The maximum atomic E-state index is 12.9. The topological polar surface area (TPSA) is 56.0 Å². The highest BCUT2D eigenvalue weighted by Gasteiger charge is 2.35. The molecular weight excluding hydrogens is 362 g/mol. The van der Waals surface area contributed by atoms with Gasteiger partial charge in [-0.3, -0.25) is 19.4 Å². The third-order valence-corrected chi connectivity index (χ3v) is 6.67. The number of piperidine rings is 1. The fourth-order valence-corrected chi connectivity index (χ4v) is 5.16. The Bertz CT molecular complexity index is 1110. The Kier molecular flexibility index (Phi) is 4.39. The molecule has 0 aromatic carbocycles. The molecule has 0 N–H and O–H groups in total. The van der Waals surface area contributed by atoms with Crippen molar-refractivity contribution in [3.63, 3.8) is 0 Å². The number of hydrogen-bond acceptors (Lipinski definition) is 4. The van der Waals surface area contributed by atoms with Crippen LogP contribution in [0.4, 0.5) is 0 Å². The number of likely N-dealkylation sites (tertiary alicyclic amines) is 1. The van der Waals surface area contributed by atoms with Crippen LogP contribution in [0.15, 0.2) is 41.5 Å². The van der Waals surface area contributed by atoms with Gasteiger partial charge in [0.05, 0.1) is 5.69 Å². The van der Waals surface area contributed by atoms with E-state index in [4.69, 9.17) is 0 Å². The standard InChI is InChI=1S/C23H27N5O/c1-15-21(16(2)26(3)25-15)14-27-11-17-7-20(13-27)22-8-19(9-23(29)28(22)12-17)18-5-4-6-24-10-18/h4-6,8-10,17,20H,7,11-14H2,1-3H3/t17-,20+/m0/s1. The minimum atomic E-state index is 0.114. The molecule has 2 bridgehead atoms. The third-order valence-electron chi connectivity index (χ3n) is 6.67. The van der Waals surface area contributed by atoms with Crippen LogP contribution >= 0.6 is 0 Å². The number of aryl methyl sites for hydroxylation is 2. The molecule has 5 heterocycles. The van der Waals surface area contributed by atoms with Crippen molar-refractivity contribution in [1.29, 1.82) is 0 Å². The molecule has 5 rings (SSSR count). The van der Waals surface area contributed by atoms with Crippen molar-refractivity contribution in [1.82, 2.24) is 24.2 Å². The Morgan fingerprint density at radius 3 is 2.72 bits per heavy atom. The lowest BCUT2D eigenvalue weighted by molar-refractivity contribution is 0.114. The molecule has 1 saturated heterocycles. The second kappa shape index (κ2) is 6.95. The molecule has 6 nitrogen and oxygen atoms in total. The lowest BCUT2D eigenvalue weighted by Gasteiger charge is -2.43. The first-order valence-corrected chi connectivity index (χ1v) is 10.4. The minimum Gasteiger partial charge on any atom is -0.312 e. The summed E-state index contributed by atoms with van der Waals surface area (Å²) in [6.07, 6.45) is 4.76. The van der Waals surface area contributed by atoms with Crippen LogP contribution < -0.4 is 5.56 Å². The van der Waals surface area contributed by atoms with Gasteiger partial charge in [0.25, 0.3) is 5.56 Å². The predicted octanol–water partition coefficient (Wildman–Crippen LogP) is 2.88. The molecule has 0 spiro atoms. The zero-order valence-electron chi connectivity index (χ0n) is 17.3. The van der Waals surface area contributed by atoms with E-state index in [9.17, 15) is 4.79 Å². The second-order valence-corrected chi connectivity index (χ2v) is 8.63. The van der Waals surface area contributed by atoms with Gasteiger partial charge in [-0.1, -0.05) is 6.07 Å². The summed E-state index contributed by atoms with van der Waals surface area (Å²) in [4.78, 5) is 19.6. The quantitative estimate of drug-likeness (QED) is 0.691. The van der Waals surface area contributed by atoms with Crippen molar-refractivity contribution in [2.24, 2.45) is 13.0 Å². The van der Waals surface area contributed by atoms with Crippen molar-refractivity contribution >= 4 is 0 Å². The van der Waals surface area contributed by atoms with Crippen LogP contribution in [0.5, 0.6) is 0 Å². The van der Waals surface area contributed by atoms with Gasteiger partial charge in [0.15, 0.2) is 0 Å². The SMILES string of the molecule is Cc1nn(C)c(C)c1CN1C[C@@H]2C[C@H](C1)c1cc(-c3cccnc3)cc(=O)n1C2. The van der Waals surface area contributed by atoms with Gasteiger partial charge in [-0.25, -0.2) is 0 Å². The third kappa shape index (κ3) is 3.21. The van der Waals surface area contributed by atoms with Crippen molar-refractivity contribution in [3.8, 4) is 11.1 Å². The number of nitrogens with zero attached hydrogens (tertiary/aromatic N) is 5. The molecule has 3 aromatic rings. The monoisotopic (exact) mass is 389 g/mol. The maximum Gasteiger partial charge on any atom is 0.251 e. The molecule has 0 amide bonds. The summed E-state index contributed by atoms with van der Waals surface area (Å²) in [7, 11) is 2.01. The van der Waals surface area contributed by atoms with E-state index in [2.05, 4.69) is 34.9 Å². The number of pyridine rings is 2. The van der Waals surface area contributed by atoms with Crippen molar-refractivity contribution in [2.45, 2.75) is 39.3 Å². The van der Waals surface area contributed by atoms with Gasteiger partial charge in [-0.05, 0) is 43.9 Å². The van der Waals surface area contributed by atoms with Crippen LogP contribution in [0.1, 0.15) is 35.0 Å². The van der Waals surface area contributed by atoms with E-state index in [-0.39, 0.29) is 5.56 Å². The molecule has 0 radical (unpaired) electrons. The van der Waals surface area contributed by atoms with Crippen molar-refractivity contribution < 1.29 is 0 Å². The van der Waals surface area contributed by atoms with Gasteiger partial charge in [-0.2, -0.15) is 5.10 Å². The van der Waals surface area contributed by atoms with Gasteiger partial charge in [0, 0.05) is 80.1 Å². The minimum absolute atomic E-state index is 0.114. The van der Waals surface area contributed by atoms with Crippen LogP contribution in [0.25, 0.3) is 11.1 Å². The summed E-state index contributed by atoms with van der Waals surface area (Å²) >= 11 is 0. The van der Waals surface area contributed by atoms with Crippen LogP contribution in [0, 0.1) is 19.8 Å². The fourth-order valence-electron chi connectivity index (χ4n) is 5.16. The molecule has 1 fully saturated rings. The Hall–Kier alpha value is -2.73. The van der Waals surface area contributed by atoms with Crippen LogP contribution in [0.2, 0.25) is 0 Å². The molecule has 150 valence electrons. The van der Waals surface area contributed by atoms with Crippen LogP contribution in [-0.4, -0.2) is 37.3 Å². The normalized spacial score (nSPS) is 21.2. The summed E-state index contributed by atoms with van der Waals surface area (Å²) in [5.74, 6) is 0.921. The number of rotatable bonds is 3. The first-order chi connectivity index (χ1) is 14.0. The van der Waals surface area contributed by atoms with Gasteiger partial charge < -0.3 is 4.57 Å². The van der Waals surface area contributed by atoms with E-state index in [0.29, 0.717) is 11.8 Å². The molecular formula is C23H27N5O. The Morgan fingerprint density at radius 1 is 1.14 bits per heavy atom. The average molecular weight is 390 g/mol. The van der Waals surface area contributed by atoms with E-state index >= 15 is 0 Å². The van der Waals surface area contributed by atoms with E-state index in [1.54, 1.807) is 12.3 Å². The molecule has 6 heteroatoms. The summed E-state index contributed by atoms with van der Waals surface area (Å²) in [6.45, 7) is 8.03. The van der Waals surface area contributed by atoms with Gasteiger partial charge in [0.1, 0.15) is 0 Å². The molecule has 2 atom stereocenters. The lowest BCUT2D eigenvalue weighted by atomic mass is 9.82. The van der Waals surface area contributed by atoms with E-state index in [0.717, 1.165) is 49.4 Å². The highest BCUT2D eigenvalue weighted by molar-refractivity contribution is 5.62. The van der Waals surface area contributed by atoms with E-state index in [1.807, 2.05) is 34.6 Å². The molecule has 29 heavy (non-hydrogen) atoms. The fraction of sp³-hybridized carbons (Fsp3) is 0.435. The first kappa shape index (κ1) is 18.3. The van der Waals surface area contributed by atoms with Crippen LogP contribution in [0.3, 0.4) is 0 Å². The predicted molar refractivity (Wildman–Crippen MR) is 113 cm³/mol. The molecule has 2 aliphatic heterocycles. The summed E-state index contributed by atoms with van der Waals surface area (Å²) in [5.41, 5.74) is 6.98. The van der Waals surface area contributed by atoms with Gasteiger partial charge >= 0.3 is 0 Å². The van der Waals surface area contributed by atoms with E-state index < -0.39 is 0 Å². The largest absolute Gasteiger partial charge is 0.312 e. The summed E-state index contributed by atoms with van der Waals surface area (Å²) in [6, 6.07) is 7.92. The first-order valence-electron chi connectivity index (χ1n) is 10.4. The number of aromatic nitrogens is 4. The smallest absolute Gasteiger partial charge is 0.251 e. The second-order valence-electron chi connectivity index (χ2n) is 8.63. The maximum absolute atomic E-state index is 12.9. The average Bonchev–Trinajstić information content (AvgIpc) is 2.95. The highest BCUT2D eigenvalue weighted by atomic mass is 16.1. The Labute approximate surface area is 170 Å².